The Morgan fingerprint density at radius 2 is 1.65 bits per heavy atom. The summed E-state index contributed by atoms with van der Waals surface area (Å²) in [5.41, 5.74) is 4.66. The first-order valence-electron chi connectivity index (χ1n) is 6.46. The van der Waals surface area contributed by atoms with Crippen molar-refractivity contribution in [3.8, 4) is 0 Å². The first kappa shape index (κ1) is 14.6. The van der Waals surface area contributed by atoms with Gasteiger partial charge in [0.05, 0.1) is 4.90 Å². The van der Waals surface area contributed by atoms with Crippen molar-refractivity contribution >= 4 is 15.5 Å². The average molecular weight is 289 g/mol. The molecular weight excluding hydrogens is 270 g/mol. The van der Waals surface area contributed by atoms with Gasteiger partial charge < -0.3 is 5.32 Å². The summed E-state index contributed by atoms with van der Waals surface area (Å²) in [4.78, 5) is 0.342. The number of hydrogen-bond donors (Lipinski definition) is 1. The van der Waals surface area contributed by atoms with Crippen LogP contribution in [0.1, 0.15) is 16.7 Å². The molecule has 2 rings (SSSR count). The van der Waals surface area contributed by atoms with Gasteiger partial charge in [0.2, 0.25) is 0 Å². The molecule has 0 aliphatic carbocycles. The molecule has 0 heterocycles. The third kappa shape index (κ3) is 3.61. The zero-order chi connectivity index (χ0) is 14.8. The minimum absolute atomic E-state index is 0.342. The first-order chi connectivity index (χ1) is 9.36. The summed E-state index contributed by atoms with van der Waals surface area (Å²) in [5.74, 6) is 0. The largest absolute Gasteiger partial charge is 0.381 e. The van der Waals surface area contributed by atoms with E-state index in [0.29, 0.717) is 4.90 Å². The maximum absolute atomic E-state index is 11.4. The normalized spacial score (nSPS) is 11.3. The number of hydrogen-bond acceptors (Lipinski definition) is 3. The molecule has 20 heavy (non-hydrogen) atoms. The average Bonchev–Trinajstić information content (AvgIpc) is 2.37. The summed E-state index contributed by atoms with van der Waals surface area (Å²) in [6, 6.07) is 13.2. The third-order valence-corrected chi connectivity index (χ3v) is 4.39. The molecule has 0 aliphatic rings. The molecule has 0 saturated carbocycles. The SMILES string of the molecule is Cc1ccc(CNc2ccc(S(C)(=O)=O)cc2)c(C)c1. The second kappa shape index (κ2) is 5.67. The summed E-state index contributed by atoms with van der Waals surface area (Å²) in [5, 5.41) is 3.31. The van der Waals surface area contributed by atoms with Crippen LogP contribution in [0.25, 0.3) is 0 Å². The topological polar surface area (TPSA) is 46.2 Å². The molecule has 1 N–H and O–H groups in total. The van der Waals surface area contributed by atoms with Crippen LogP contribution >= 0.6 is 0 Å². The van der Waals surface area contributed by atoms with Gasteiger partial charge in [0, 0.05) is 18.5 Å². The Morgan fingerprint density at radius 3 is 2.20 bits per heavy atom. The van der Waals surface area contributed by atoms with Crippen molar-refractivity contribution < 1.29 is 8.42 Å². The molecule has 3 nitrogen and oxygen atoms in total. The zero-order valence-corrected chi connectivity index (χ0v) is 12.8. The quantitative estimate of drug-likeness (QED) is 0.939. The van der Waals surface area contributed by atoms with Crippen LogP contribution in [0.15, 0.2) is 47.4 Å². The Labute approximate surface area is 120 Å². The predicted octanol–water partition coefficient (Wildman–Crippen LogP) is 3.32. The summed E-state index contributed by atoms with van der Waals surface area (Å²) in [7, 11) is -3.13. The second-order valence-electron chi connectivity index (χ2n) is 5.08. The second-order valence-corrected chi connectivity index (χ2v) is 7.10. The van der Waals surface area contributed by atoms with Crippen molar-refractivity contribution in [1.82, 2.24) is 0 Å². The van der Waals surface area contributed by atoms with Gasteiger partial charge in [-0.15, -0.1) is 0 Å². The summed E-state index contributed by atoms with van der Waals surface area (Å²) >= 11 is 0. The minimum atomic E-state index is -3.13. The van der Waals surface area contributed by atoms with Gasteiger partial charge >= 0.3 is 0 Å². The lowest BCUT2D eigenvalue weighted by Crippen LogP contribution is -2.02. The van der Waals surface area contributed by atoms with Crippen molar-refractivity contribution in [2.45, 2.75) is 25.3 Å². The zero-order valence-electron chi connectivity index (χ0n) is 12.0. The van der Waals surface area contributed by atoms with E-state index in [0.717, 1.165) is 12.2 Å². The van der Waals surface area contributed by atoms with Gasteiger partial charge in [0.15, 0.2) is 9.84 Å². The lowest BCUT2D eigenvalue weighted by atomic mass is 10.1. The smallest absolute Gasteiger partial charge is 0.175 e. The van der Waals surface area contributed by atoms with Crippen molar-refractivity contribution in [3.05, 3.63) is 59.2 Å². The first-order valence-corrected chi connectivity index (χ1v) is 8.35. The van der Waals surface area contributed by atoms with E-state index in [1.807, 2.05) is 0 Å². The third-order valence-electron chi connectivity index (χ3n) is 3.26. The maximum Gasteiger partial charge on any atom is 0.175 e. The molecule has 0 fully saturated rings. The van der Waals surface area contributed by atoms with Crippen LogP contribution < -0.4 is 5.32 Å². The van der Waals surface area contributed by atoms with Crippen molar-refractivity contribution in [2.75, 3.05) is 11.6 Å². The molecule has 0 radical (unpaired) electrons. The molecule has 0 spiro atoms. The van der Waals surface area contributed by atoms with E-state index in [1.54, 1.807) is 24.3 Å². The van der Waals surface area contributed by atoms with Gasteiger partial charge in [-0.3, -0.25) is 0 Å². The van der Waals surface area contributed by atoms with Gasteiger partial charge in [-0.2, -0.15) is 0 Å². The highest BCUT2D eigenvalue weighted by Crippen LogP contribution is 2.16. The van der Waals surface area contributed by atoms with E-state index in [4.69, 9.17) is 0 Å². The lowest BCUT2D eigenvalue weighted by Gasteiger charge is -2.10. The highest BCUT2D eigenvalue weighted by atomic mass is 32.2. The van der Waals surface area contributed by atoms with E-state index in [9.17, 15) is 8.42 Å². The lowest BCUT2D eigenvalue weighted by molar-refractivity contribution is 0.602. The fourth-order valence-corrected chi connectivity index (χ4v) is 2.69. The molecule has 106 valence electrons. The number of aryl methyl sites for hydroxylation is 2. The fraction of sp³-hybridized carbons (Fsp3) is 0.250. The molecule has 0 saturated heterocycles. The van der Waals surface area contributed by atoms with Crippen LogP contribution in [0.5, 0.6) is 0 Å². The summed E-state index contributed by atoms with van der Waals surface area (Å²) < 4.78 is 22.8. The molecule has 4 heteroatoms. The molecule has 2 aromatic carbocycles. The standard InChI is InChI=1S/C16H19NO2S/c1-12-4-5-14(13(2)10-12)11-17-15-6-8-16(9-7-15)20(3,18)19/h4-10,17H,11H2,1-3H3. The molecular formula is C16H19NO2S. The molecule has 0 atom stereocenters. The van der Waals surface area contributed by atoms with Gasteiger partial charge in [0.25, 0.3) is 0 Å². The highest BCUT2D eigenvalue weighted by molar-refractivity contribution is 7.90. The van der Waals surface area contributed by atoms with Crippen molar-refractivity contribution in [3.63, 3.8) is 0 Å². The molecule has 2 aromatic rings. The Bertz CT molecular complexity index is 704. The maximum atomic E-state index is 11.4. The van der Waals surface area contributed by atoms with Gasteiger partial charge in [-0.05, 0) is 49.2 Å². The van der Waals surface area contributed by atoms with E-state index in [-0.39, 0.29) is 0 Å². The van der Waals surface area contributed by atoms with E-state index in [2.05, 4.69) is 37.4 Å². The number of sulfone groups is 1. The Hall–Kier alpha value is -1.81. The Kier molecular flexibility index (Phi) is 4.14. The van der Waals surface area contributed by atoms with E-state index >= 15 is 0 Å². The number of nitrogens with one attached hydrogen (secondary N) is 1. The van der Waals surface area contributed by atoms with E-state index in [1.165, 1.54) is 22.9 Å². The van der Waals surface area contributed by atoms with Gasteiger partial charge in [-0.1, -0.05) is 23.8 Å². The van der Waals surface area contributed by atoms with Crippen LogP contribution in [0.2, 0.25) is 0 Å². The van der Waals surface area contributed by atoms with Crippen molar-refractivity contribution in [1.29, 1.82) is 0 Å². The van der Waals surface area contributed by atoms with Gasteiger partial charge in [-0.25, -0.2) is 8.42 Å². The molecule has 0 bridgehead atoms. The monoisotopic (exact) mass is 289 g/mol. The van der Waals surface area contributed by atoms with Crippen LogP contribution in [0, 0.1) is 13.8 Å². The molecule has 0 aliphatic heterocycles. The highest BCUT2D eigenvalue weighted by Gasteiger charge is 2.06. The van der Waals surface area contributed by atoms with Crippen LogP contribution in [0.4, 0.5) is 5.69 Å². The molecule has 0 aromatic heterocycles. The van der Waals surface area contributed by atoms with Crippen LogP contribution in [0.3, 0.4) is 0 Å². The van der Waals surface area contributed by atoms with Crippen molar-refractivity contribution in [2.24, 2.45) is 0 Å². The van der Waals surface area contributed by atoms with Crippen LogP contribution in [-0.4, -0.2) is 14.7 Å². The Morgan fingerprint density at radius 1 is 1.00 bits per heavy atom. The Balaban J connectivity index is 2.08. The fourth-order valence-electron chi connectivity index (χ4n) is 2.06. The molecule has 0 amide bonds. The minimum Gasteiger partial charge on any atom is -0.381 e. The predicted molar refractivity (Wildman–Crippen MR) is 82.8 cm³/mol. The van der Waals surface area contributed by atoms with Crippen LogP contribution in [-0.2, 0) is 16.4 Å². The summed E-state index contributed by atoms with van der Waals surface area (Å²) in [6.45, 7) is 4.90. The number of rotatable bonds is 4. The number of anilines is 1. The summed E-state index contributed by atoms with van der Waals surface area (Å²) in [6.07, 6.45) is 1.21. The molecule has 0 unspecified atom stereocenters. The van der Waals surface area contributed by atoms with Gasteiger partial charge in [0.1, 0.15) is 0 Å². The number of benzene rings is 2. The van der Waals surface area contributed by atoms with E-state index < -0.39 is 9.84 Å².